The SMILES string of the molecule is O=[N+]([O-])c1cccc(F)c1Cn1cc(CCO)c(C(F)(F)F)n1. The van der Waals surface area contributed by atoms with Gasteiger partial charge in [-0.3, -0.25) is 14.8 Å². The molecule has 0 aliphatic carbocycles. The molecule has 0 aliphatic heterocycles. The Bertz CT molecular complexity index is 728. The number of aliphatic hydroxyl groups is 1. The van der Waals surface area contributed by atoms with E-state index in [2.05, 4.69) is 5.10 Å². The van der Waals surface area contributed by atoms with Crippen LogP contribution in [0.3, 0.4) is 0 Å². The minimum atomic E-state index is -4.74. The number of aromatic nitrogens is 2. The van der Waals surface area contributed by atoms with Crippen molar-refractivity contribution in [3.8, 4) is 0 Å². The van der Waals surface area contributed by atoms with Gasteiger partial charge in [-0.05, 0) is 12.5 Å². The minimum Gasteiger partial charge on any atom is -0.396 e. The molecular weight excluding hydrogens is 322 g/mol. The highest BCUT2D eigenvalue weighted by molar-refractivity contribution is 5.41. The van der Waals surface area contributed by atoms with Crippen molar-refractivity contribution in [3.63, 3.8) is 0 Å². The molecule has 0 atom stereocenters. The highest BCUT2D eigenvalue weighted by atomic mass is 19.4. The van der Waals surface area contributed by atoms with E-state index < -0.39 is 41.4 Å². The Balaban J connectivity index is 2.44. The average Bonchev–Trinajstić information content (AvgIpc) is 2.84. The second-order valence-electron chi connectivity index (χ2n) is 4.67. The molecule has 0 amide bonds. The van der Waals surface area contributed by atoms with Gasteiger partial charge in [-0.2, -0.15) is 18.3 Å². The van der Waals surface area contributed by atoms with Crippen molar-refractivity contribution < 1.29 is 27.6 Å². The van der Waals surface area contributed by atoms with Gasteiger partial charge in [0.1, 0.15) is 5.82 Å². The molecule has 6 nitrogen and oxygen atoms in total. The first-order valence-electron chi connectivity index (χ1n) is 6.40. The Morgan fingerprint density at radius 3 is 2.61 bits per heavy atom. The van der Waals surface area contributed by atoms with Crippen molar-refractivity contribution in [2.45, 2.75) is 19.1 Å². The molecule has 2 rings (SSSR count). The molecule has 1 aromatic carbocycles. The molecule has 124 valence electrons. The third-order valence-electron chi connectivity index (χ3n) is 3.10. The van der Waals surface area contributed by atoms with Gasteiger partial charge in [-0.1, -0.05) is 6.07 Å². The van der Waals surface area contributed by atoms with Gasteiger partial charge in [0.2, 0.25) is 0 Å². The van der Waals surface area contributed by atoms with Crippen LogP contribution in [0.4, 0.5) is 23.2 Å². The number of benzene rings is 1. The van der Waals surface area contributed by atoms with Crippen LogP contribution >= 0.6 is 0 Å². The van der Waals surface area contributed by atoms with E-state index in [9.17, 15) is 27.7 Å². The number of alkyl halides is 3. The van der Waals surface area contributed by atoms with E-state index in [0.717, 1.165) is 29.1 Å². The molecule has 0 spiro atoms. The highest BCUT2D eigenvalue weighted by Crippen LogP contribution is 2.31. The van der Waals surface area contributed by atoms with Crippen LogP contribution in [0, 0.1) is 15.9 Å². The summed E-state index contributed by atoms with van der Waals surface area (Å²) in [5.74, 6) is -0.910. The first-order valence-corrected chi connectivity index (χ1v) is 6.40. The number of hydrogen-bond acceptors (Lipinski definition) is 4. The highest BCUT2D eigenvalue weighted by Gasteiger charge is 2.37. The molecule has 0 saturated carbocycles. The van der Waals surface area contributed by atoms with Crippen LogP contribution in [0.25, 0.3) is 0 Å². The number of aliphatic hydroxyl groups excluding tert-OH is 1. The Morgan fingerprint density at radius 1 is 1.35 bits per heavy atom. The Hall–Kier alpha value is -2.49. The van der Waals surface area contributed by atoms with Gasteiger partial charge in [0.25, 0.3) is 5.69 Å². The fourth-order valence-corrected chi connectivity index (χ4v) is 2.12. The maximum Gasteiger partial charge on any atom is 0.435 e. The van der Waals surface area contributed by atoms with E-state index in [-0.39, 0.29) is 17.5 Å². The van der Waals surface area contributed by atoms with Crippen molar-refractivity contribution in [3.05, 3.63) is 57.1 Å². The van der Waals surface area contributed by atoms with E-state index >= 15 is 0 Å². The lowest BCUT2D eigenvalue weighted by Gasteiger charge is -2.05. The summed E-state index contributed by atoms with van der Waals surface area (Å²) >= 11 is 0. The van der Waals surface area contributed by atoms with E-state index in [4.69, 9.17) is 5.11 Å². The lowest BCUT2D eigenvalue weighted by Crippen LogP contribution is -2.11. The molecule has 0 radical (unpaired) electrons. The smallest absolute Gasteiger partial charge is 0.396 e. The molecule has 10 heteroatoms. The van der Waals surface area contributed by atoms with Crippen molar-refractivity contribution in [2.24, 2.45) is 0 Å². The number of nitrogens with zero attached hydrogens (tertiary/aromatic N) is 3. The van der Waals surface area contributed by atoms with Crippen molar-refractivity contribution in [1.29, 1.82) is 0 Å². The molecule has 1 heterocycles. The molecule has 0 bridgehead atoms. The molecule has 1 aromatic heterocycles. The van der Waals surface area contributed by atoms with E-state index in [1.54, 1.807) is 0 Å². The van der Waals surface area contributed by atoms with Crippen LogP contribution in [0.5, 0.6) is 0 Å². The molecular formula is C13H11F4N3O3. The molecule has 0 fully saturated rings. The molecule has 0 aliphatic rings. The topological polar surface area (TPSA) is 81.2 Å². The normalized spacial score (nSPS) is 11.7. The summed E-state index contributed by atoms with van der Waals surface area (Å²) in [7, 11) is 0. The molecule has 0 saturated heterocycles. The van der Waals surface area contributed by atoms with E-state index in [0.29, 0.717) is 0 Å². The Labute approximate surface area is 127 Å². The first kappa shape index (κ1) is 16.9. The zero-order chi connectivity index (χ0) is 17.2. The van der Waals surface area contributed by atoms with Crippen LogP contribution in [-0.4, -0.2) is 26.4 Å². The third kappa shape index (κ3) is 3.65. The summed E-state index contributed by atoms with van der Waals surface area (Å²) in [5.41, 5.74) is -2.38. The van der Waals surface area contributed by atoms with Crippen LogP contribution in [0.15, 0.2) is 24.4 Å². The number of halogens is 4. The lowest BCUT2D eigenvalue weighted by molar-refractivity contribution is -0.385. The maximum absolute atomic E-state index is 13.8. The van der Waals surface area contributed by atoms with Gasteiger partial charge in [0.05, 0.1) is 17.0 Å². The van der Waals surface area contributed by atoms with Gasteiger partial charge in [0.15, 0.2) is 5.69 Å². The molecule has 2 aromatic rings. The predicted molar refractivity (Wildman–Crippen MR) is 70.2 cm³/mol. The van der Waals surface area contributed by atoms with Gasteiger partial charge >= 0.3 is 6.18 Å². The van der Waals surface area contributed by atoms with Gasteiger partial charge in [-0.25, -0.2) is 4.39 Å². The van der Waals surface area contributed by atoms with Gasteiger partial charge in [-0.15, -0.1) is 0 Å². The first-order chi connectivity index (χ1) is 10.7. The fourth-order valence-electron chi connectivity index (χ4n) is 2.12. The summed E-state index contributed by atoms with van der Waals surface area (Å²) in [5, 5.41) is 23.0. The second-order valence-corrected chi connectivity index (χ2v) is 4.67. The summed E-state index contributed by atoms with van der Waals surface area (Å²) in [6.45, 7) is -1.05. The zero-order valence-electron chi connectivity index (χ0n) is 11.5. The van der Waals surface area contributed by atoms with Crippen LogP contribution in [0.2, 0.25) is 0 Å². The summed E-state index contributed by atoms with van der Waals surface area (Å²) in [6, 6.07) is 3.17. The van der Waals surface area contributed by atoms with Crippen LogP contribution < -0.4 is 0 Å². The molecule has 0 unspecified atom stereocenters. The van der Waals surface area contributed by atoms with Gasteiger partial charge in [0, 0.05) is 24.4 Å². The maximum atomic E-state index is 13.8. The predicted octanol–water partition coefficient (Wildman–Crippen LogP) is 2.53. The van der Waals surface area contributed by atoms with Crippen molar-refractivity contribution in [1.82, 2.24) is 9.78 Å². The zero-order valence-corrected chi connectivity index (χ0v) is 11.5. The average molecular weight is 333 g/mol. The number of nitro benzene ring substituents is 1. The number of rotatable bonds is 5. The van der Waals surface area contributed by atoms with Crippen LogP contribution in [0.1, 0.15) is 16.8 Å². The van der Waals surface area contributed by atoms with E-state index in [1.807, 2.05) is 0 Å². The number of hydrogen-bond donors (Lipinski definition) is 1. The van der Waals surface area contributed by atoms with Crippen molar-refractivity contribution >= 4 is 5.69 Å². The Morgan fingerprint density at radius 2 is 2.04 bits per heavy atom. The standard InChI is InChI=1S/C13H11F4N3O3/c14-10-2-1-3-11(20(22)23)9(10)7-19-6-8(4-5-21)12(18-19)13(15,16)17/h1-3,6,21H,4-5,7H2. The summed E-state index contributed by atoms with van der Waals surface area (Å²) in [6.07, 6.45) is -4.03. The summed E-state index contributed by atoms with van der Waals surface area (Å²) < 4.78 is 53.2. The van der Waals surface area contributed by atoms with Crippen LogP contribution in [-0.2, 0) is 19.1 Å². The largest absolute Gasteiger partial charge is 0.435 e. The minimum absolute atomic E-state index is 0.265. The van der Waals surface area contributed by atoms with E-state index in [1.165, 1.54) is 0 Å². The second kappa shape index (κ2) is 6.32. The van der Waals surface area contributed by atoms with Gasteiger partial charge < -0.3 is 5.11 Å². The molecule has 1 N–H and O–H groups in total. The lowest BCUT2D eigenvalue weighted by atomic mass is 10.1. The quantitative estimate of drug-likeness (QED) is 0.518. The number of nitro groups is 1. The third-order valence-corrected chi connectivity index (χ3v) is 3.10. The Kier molecular flexibility index (Phi) is 4.64. The monoisotopic (exact) mass is 333 g/mol. The van der Waals surface area contributed by atoms with Crippen molar-refractivity contribution in [2.75, 3.05) is 6.61 Å². The fraction of sp³-hybridized carbons (Fsp3) is 0.308. The molecule has 23 heavy (non-hydrogen) atoms. The summed E-state index contributed by atoms with van der Waals surface area (Å²) in [4.78, 5) is 10.1.